The lowest BCUT2D eigenvalue weighted by molar-refractivity contribution is -0.142. The van der Waals surface area contributed by atoms with Crippen molar-refractivity contribution in [3.63, 3.8) is 0 Å². The van der Waals surface area contributed by atoms with E-state index in [1.807, 2.05) is 20.8 Å². The molecule has 0 bridgehead atoms. The summed E-state index contributed by atoms with van der Waals surface area (Å²) in [7, 11) is 0. The molecule has 1 fully saturated rings. The summed E-state index contributed by atoms with van der Waals surface area (Å²) in [5, 5.41) is 9.29. The summed E-state index contributed by atoms with van der Waals surface area (Å²) in [4.78, 5) is 27.2. The van der Waals surface area contributed by atoms with Crippen molar-refractivity contribution in [2.24, 2.45) is 11.8 Å². The van der Waals surface area contributed by atoms with Crippen molar-refractivity contribution in [1.82, 2.24) is 9.80 Å². The average molecular weight is 270 g/mol. The van der Waals surface area contributed by atoms with Gasteiger partial charge in [-0.25, -0.2) is 9.59 Å². The Morgan fingerprint density at radius 2 is 1.89 bits per heavy atom. The topological polar surface area (TPSA) is 60.9 Å². The first-order valence-electron chi connectivity index (χ1n) is 7.05. The Balaban J connectivity index is 2.87. The summed E-state index contributed by atoms with van der Waals surface area (Å²) < 4.78 is 0. The van der Waals surface area contributed by atoms with Crippen LogP contribution < -0.4 is 0 Å². The molecular formula is C14H26N2O3. The van der Waals surface area contributed by atoms with E-state index in [0.717, 1.165) is 6.42 Å². The maximum Gasteiger partial charge on any atom is 0.326 e. The molecule has 1 N–H and O–H groups in total. The van der Waals surface area contributed by atoms with Crippen molar-refractivity contribution in [2.75, 3.05) is 13.1 Å². The van der Waals surface area contributed by atoms with E-state index >= 15 is 0 Å². The van der Waals surface area contributed by atoms with Gasteiger partial charge in [0.2, 0.25) is 0 Å². The molecule has 2 unspecified atom stereocenters. The largest absolute Gasteiger partial charge is 0.480 e. The van der Waals surface area contributed by atoms with Crippen molar-refractivity contribution in [3.8, 4) is 0 Å². The van der Waals surface area contributed by atoms with Gasteiger partial charge in [-0.05, 0) is 32.1 Å². The van der Waals surface area contributed by atoms with Crippen LogP contribution in [0.3, 0.4) is 0 Å². The van der Waals surface area contributed by atoms with Crippen LogP contribution in [0.5, 0.6) is 0 Å². The van der Waals surface area contributed by atoms with Gasteiger partial charge in [0, 0.05) is 19.1 Å². The van der Waals surface area contributed by atoms with Crippen LogP contribution in [-0.4, -0.2) is 52.1 Å². The first kappa shape index (κ1) is 15.8. The Kier molecular flexibility index (Phi) is 5.20. The van der Waals surface area contributed by atoms with Gasteiger partial charge in [-0.3, -0.25) is 0 Å². The second-order valence-electron chi connectivity index (χ2n) is 6.16. The molecule has 1 aliphatic rings. The SMILES string of the molecule is CC(C)CN(C(=O)N1CCC(C)C1C(=O)O)C(C)C. The average Bonchev–Trinajstić information content (AvgIpc) is 2.66. The zero-order chi connectivity index (χ0) is 14.7. The van der Waals surface area contributed by atoms with E-state index < -0.39 is 12.0 Å². The van der Waals surface area contributed by atoms with Gasteiger partial charge in [-0.2, -0.15) is 0 Å². The molecule has 1 saturated heterocycles. The number of amides is 2. The molecule has 0 aromatic carbocycles. The third-order valence-corrected chi connectivity index (χ3v) is 3.63. The Morgan fingerprint density at radius 3 is 2.32 bits per heavy atom. The fourth-order valence-corrected chi connectivity index (χ4v) is 2.61. The minimum absolute atomic E-state index is 0.0227. The molecule has 0 aromatic rings. The molecule has 5 nitrogen and oxygen atoms in total. The van der Waals surface area contributed by atoms with Gasteiger partial charge in [0.1, 0.15) is 6.04 Å². The number of carbonyl (C=O) groups excluding carboxylic acids is 1. The Bertz CT molecular complexity index is 342. The molecule has 0 aliphatic carbocycles. The van der Waals surface area contributed by atoms with Crippen LogP contribution in [0.25, 0.3) is 0 Å². The van der Waals surface area contributed by atoms with Crippen LogP contribution in [0, 0.1) is 11.8 Å². The number of carboxylic acid groups (broad SMARTS) is 1. The molecule has 0 aromatic heterocycles. The molecule has 110 valence electrons. The summed E-state index contributed by atoms with van der Waals surface area (Å²) in [5.74, 6) is -0.504. The highest BCUT2D eigenvalue weighted by Gasteiger charge is 2.41. The van der Waals surface area contributed by atoms with E-state index in [1.165, 1.54) is 4.90 Å². The number of rotatable bonds is 4. The smallest absolute Gasteiger partial charge is 0.326 e. The zero-order valence-electron chi connectivity index (χ0n) is 12.6. The number of likely N-dealkylation sites (tertiary alicyclic amines) is 1. The van der Waals surface area contributed by atoms with Gasteiger partial charge in [0.25, 0.3) is 0 Å². The van der Waals surface area contributed by atoms with Gasteiger partial charge < -0.3 is 14.9 Å². The second-order valence-corrected chi connectivity index (χ2v) is 6.16. The number of aliphatic carboxylic acids is 1. The van der Waals surface area contributed by atoms with Crippen LogP contribution in [0.2, 0.25) is 0 Å². The summed E-state index contributed by atoms with van der Waals surface area (Å²) in [6.07, 6.45) is 0.760. The first-order valence-corrected chi connectivity index (χ1v) is 7.05. The van der Waals surface area contributed by atoms with Crippen molar-refractivity contribution in [2.45, 2.75) is 53.1 Å². The van der Waals surface area contributed by atoms with Gasteiger partial charge in [-0.15, -0.1) is 0 Å². The van der Waals surface area contributed by atoms with E-state index in [1.54, 1.807) is 4.90 Å². The summed E-state index contributed by atoms with van der Waals surface area (Å²) >= 11 is 0. The highest BCUT2D eigenvalue weighted by molar-refractivity contribution is 5.83. The molecule has 2 atom stereocenters. The lowest BCUT2D eigenvalue weighted by Gasteiger charge is -2.34. The molecule has 2 amide bonds. The van der Waals surface area contributed by atoms with Gasteiger partial charge in [0.15, 0.2) is 0 Å². The number of carbonyl (C=O) groups is 2. The molecule has 1 rings (SSSR count). The number of carboxylic acids is 1. The third-order valence-electron chi connectivity index (χ3n) is 3.63. The van der Waals surface area contributed by atoms with Gasteiger partial charge in [0.05, 0.1) is 0 Å². The van der Waals surface area contributed by atoms with Crippen LogP contribution in [0.15, 0.2) is 0 Å². The molecule has 5 heteroatoms. The predicted octanol–water partition coefficient (Wildman–Crippen LogP) is 2.27. The Morgan fingerprint density at radius 1 is 1.32 bits per heavy atom. The van der Waals surface area contributed by atoms with Crippen molar-refractivity contribution in [3.05, 3.63) is 0 Å². The molecular weight excluding hydrogens is 244 g/mol. The Labute approximate surface area is 115 Å². The molecule has 0 spiro atoms. The maximum atomic E-state index is 12.6. The van der Waals surface area contributed by atoms with E-state index in [2.05, 4.69) is 13.8 Å². The van der Waals surface area contributed by atoms with Crippen LogP contribution in [0.4, 0.5) is 4.79 Å². The standard InChI is InChI=1S/C14H26N2O3/c1-9(2)8-16(10(3)4)14(19)15-7-6-11(5)12(15)13(17)18/h9-12H,6-8H2,1-5H3,(H,17,18). The molecule has 19 heavy (non-hydrogen) atoms. The highest BCUT2D eigenvalue weighted by Crippen LogP contribution is 2.26. The minimum Gasteiger partial charge on any atom is -0.480 e. The lowest BCUT2D eigenvalue weighted by atomic mass is 10.0. The first-order chi connectivity index (χ1) is 8.75. The molecule has 0 radical (unpaired) electrons. The fraction of sp³-hybridized carbons (Fsp3) is 0.857. The Hall–Kier alpha value is -1.26. The number of nitrogens with zero attached hydrogens (tertiary/aromatic N) is 2. The summed E-state index contributed by atoms with van der Waals surface area (Å²) in [5.41, 5.74) is 0. The number of urea groups is 1. The minimum atomic E-state index is -0.897. The molecule has 1 aliphatic heterocycles. The normalized spacial score (nSPS) is 23.2. The monoisotopic (exact) mass is 270 g/mol. The quantitative estimate of drug-likeness (QED) is 0.852. The van der Waals surface area contributed by atoms with E-state index in [4.69, 9.17) is 0 Å². The van der Waals surface area contributed by atoms with Crippen molar-refractivity contribution >= 4 is 12.0 Å². The van der Waals surface area contributed by atoms with Crippen LogP contribution in [-0.2, 0) is 4.79 Å². The van der Waals surface area contributed by atoms with E-state index in [9.17, 15) is 14.7 Å². The second kappa shape index (κ2) is 6.26. The lowest BCUT2D eigenvalue weighted by Crippen LogP contribution is -2.52. The number of hydrogen-bond donors (Lipinski definition) is 1. The van der Waals surface area contributed by atoms with E-state index in [-0.39, 0.29) is 18.0 Å². The van der Waals surface area contributed by atoms with Crippen LogP contribution in [0.1, 0.15) is 41.0 Å². The summed E-state index contributed by atoms with van der Waals surface area (Å²) in [6.45, 7) is 11.2. The fourth-order valence-electron chi connectivity index (χ4n) is 2.61. The van der Waals surface area contributed by atoms with Crippen LogP contribution >= 0.6 is 0 Å². The van der Waals surface area contributed by atoms with Gasteiger partial charge in [-0.1, -0.05) is 20.8 Å². The van der Waals surface area contributed by atoms with Crippen molar-refractivity contribution in [1.29, 1.82) is 0 Å². The van der Waals surface area contributed by atoms with Crippen molar-refractivity contribution < 1.29 is 14.7 Å². The summed E-state index contributed by atoms with van der Waals surface area (Å²) in [6, 6.07) is -0.735. The van der Waals surface area contributed by atoms with Gasteiger partial charge >= 0.3 is 12.0 Å². The maximum absolute atomic E-state index is 12.6. The highest BCUT2D eigenvalue weighted by atomic mass is 16.4. The predicted molar refractivity (Wildman–Crippen MR) is 74.0 cm³/mol. The third kappa shape index (κ3) is 3.61. The molecule has 0 saturated carbocycles. The zero-order valence-corrected chi connectivity index (χ0v) is 12.6. The number of hydrogen-bond acceptors (Lipinski definition) is 2. The van der Waals surface area contributed by atoms with E-state index in [0.29, 0.717) is 19.0 Å². The molecule has 1 heterocycles.